The molecule has 80 heavy (non-hydrogen) atoms. The number of ether oxygens (including phenoxy) is 2. The summed E-state index contributed by atoms with van der Waals surface area (Å²) in [6, 6.07) is 16.4. The predicted molar refractivity (Wildman–Crippen MR) is 305 cm³/mol. The van der Waals surface area contributed by atoms with Crippen molar-refractivity contribution in [3.63, 3.8) is 0 Å². The highest BCUT2D eigenvalue weighted by Gasteiger charge is 2.48. The number of hydrogen-bond acceptors (Lipinski definition) is 12. The van der Waals surface area contributed by atoms with E-state index in [2.05, 4.69) is 55.5 Å². The van der Waals surface area contributed by atoms with E-state index in [0.717, 1.165) is 42.4 Å². The Morgan fingerprint density at radius 3 is 2.26 bits per heavy atom. The molecule has 6 amide bonds. The van der Waals surface area contributed by atoms with Crippen LogP contribution in [0, 0.1) is 17.5 Å². The Hall–Kier alpha value is -5.88. The topological polar surface area (TPSA) is 206 Å². The minimum absolute atomic E-state index is 0. The summed E-state index contributed by atoms with van der Waals surface area (Å²) in [5.74, 6) is -6.02. The maximum Gasteiger partial charge on any atom is 0.252 e. The number of halogens is 6. The summed E-state index contributed by atoms with van der Waals surface area (Å²) >= 11 is 0. The highest BCUT2D eigenvalue weighted by Crippen LogP contribution is 2.43. The molecule has 2 saturated heterocycles. The molecule has 4 aliphatic rings. The molecule has 2 fully saturated rings. The van der Waals surface area contributed by atoms with Crippen LogP contribution in [0.2, 0.25) is 0 Å². The lowest BCUT2D eigenvalue weighted by Gasteiger charge is -2.43. The fourth-order valence-electron chi connectivity index (χ4n) is 10.6. The molecule has 8 rings (SSSR count). The van der Waals surface area contributed by atoms with Crippen molar-refractivity contribution in [1.29, 1.82) is 0 Å². The van der Waals surface area contributed by atoms with Gasteiger partial charge in [0.05, 0.1) is 43.9 Å². The summed E-state index contributed by atoms with van der Waals surface area (Å²) in [5.41, 5.74) is 1.71. The van der Waals surface area contributed by atoms with Crippen LogP contribution in [0.25, 0.3) is 0 Å². The first-order valence-electron chi connectivity index (χ1n) is 26.0. The third-order valence-electron chi connectivity index (χ3n) is 15.3. The summed E-state index contributed by atoms with van der Waals surface area (Å²) in [7, 11) is 2.93. The fraction of sp³-hybridized carbons (Fsp3) is 0.464. The summed E-state index contributed by atoms with van der Waals surface area (Å²) in [6.45, 7) is 12.7. The van der Waals surface area contributed by atoms with E-state index in [0.29, 0.717) is 49.5 Å². The van der Waals surface area contributed by atoms with Crippen molar-refractivity contribution in [1.82, 2.24) is 36.0 Å². The number of nitrogens with one attached hydrogen (secondary N) is 6. The van der Waals surface area contributed by atoms with Crippen LogP contribution in [0.4, 0.5) is 30.2 Å². The molecule has 4 heterocycles. The van der Waals surface area contributed by atoms with E-state index in [9.17, 15) is 41.9 Å². The molecule has 1 unspecified atom stereocenters. The maximum absolute atomic E-state index is 14.9. The summed E-state index contributed by atoms with van der Waals surface area (Å²) in [5, 5.41) is 16.9. The SMILES string of the molecule is CN[C@@H](C)C(=O)N[C@H](C(=O)N1Cc2ccc(NC(=O)CNC(=O)C3(C)CN(C(=O)CN4C[C@@H](C)NC[C@@H]4CN4CCOC[C@H]4C)c4cc(Cc5ccc(F)cc5)ccc43)cc2[C@H]1C(=O)Nc1c(F)cccc1F)[C@@H](C)OC.Cl.Cl.Cl. The van der Waals surface area contributed by atoms with E-state index in [1.165, 1.54) is 30.2 Å². The predicted octanol–water partition coefficient (Wildman–Crippen LogP) is 4.85. The third kappa shape index (κ3) is 14.6. The van der Waals surface area contributed by atoms with E-state index in [1.807, 2.05) is 18.2 Å². The van der Waals surface area contributed by atoms with Gasteiger partial charge in [-0.15, -0.1) is 37.2 Å². The minimum Gasteiger partial charge on any atom is -0.379 e. The number of carbonyl (C=O) groups is 6. The van der Waals surface area contributed by atoms with Gasteiger partial charge in [-0.1, -0.05) is 36.4 Å². The Bertz CT molecular complexity index is 2860. The molecule has 436 valence electrons. The largest absolute Gasteiger partial charge is 0.379 e. The van der Waals surface area contributed by atoms with Gasteiger partial charge in [0.2, 0.25) is 29.5 Å². The van der Waals surface area contributed by atoms with Gasteiger partial charge in [-0.2, -0.15) is 0 Å². The molecule has 4 aliphatic heterocycles. The first-order valence-corrected chi connectivity index (χ1v) is 26.0. The Morgan fingerprint density at radius 1 is 0.887 bits per heavy atom. The second-order valence-electron chi connectivity index (χ2n) is 20.8. The molecule has 0 bridgehead atoms. The fourth-order valence-corrected chi connectivity index (χ4v) is 10.6. The van der Waals surface area contributed by atoms with Crippen molar-refractivity contribution < 1.29 is 51.4 Å². The average Bonchev–Trinajstić information content (AvgIpc) is 4.06. The summed E-state index contributed by atoms with van der Waals surface area (Å²) < 4.78 is 54.9. The summed E-state index contributed by atoms with van der Waals surface area (Å²) in [6.07, 6.45) is -0.433. The van der Waals surface area contributed by atoms with Crippen molar-refractivity contribution in [3.05, 3.63) is 124 Å². The van der Waals surface area contributed by atoms with Crippen LogP contribution in [0.5, 0.6) is 0 Å². The second-order valence-corrected chi connectivity index (χ2v) is 20.8. The van der Waals surface area contributed by atoms with Crippen molar-refractivity contribution >= 4 is 89.7 Å². The number of nitrogens with zero attached hydrogens (tertiary/aromatic N) is 4. The van der Waals surface area contributed by atoms with Crippen molar-refractivity contribution in [2.75, 3.05) is 88.7 Å². The van der Waals surface area contributed by atoms with Crippen LogP contribution in [0.15, 0.2) is 78.9 Å². The van der Waals surface area contributed by atoms with Crippen LogP contribution >= 0.6 is 37.2 Å². The van der Waals surface area contributed by atoms with Crippen LogP contribution < -0.4 is 36.8 Å². The number of piperazine rings is 1. The number of amides is 6. The first kappa shape index (κ1) is 64.9. The van der Waals surface area contributed by atoms with Gasteiger partial charge in [-0.3, -0.25) is 38.6 Å². The summed E-state index contributed by atoms with van der Waals surface area (Å²) in [4.78, 5) is 92.3. The number of fused-ring (bicyclic) bond motifs is 2. The van der Waals surface area contributed by atoms with E-state index in [4.69, 9.17) is 9.47 Å². The Labute approximate surface area is 483 Å². The molecule has 0 aromatic heterocycles. The molecule has 24 heteroatoms. The van der Waals surface area contributed by atoms with Crippen LogP contribution in [-0.2, 0) is 56.6 Å². The second kappa shape index (κ2) is 28.2. The molecular weight excluding hydrogens is 1100 g/mol. The molecule has 0 radical (unpaired) electrons. The van der Waals surface area contributed by atoms with E-state index in [-0.39, 0.29) is 98.0 Å². The zero-order valence-corrected chi connectivity index (χ0v) is 48.2. The van der Waals surface area contributed by atoms with Gasteiger partial charge in [-0.05, 0) is 118 Å². The zero-order chi connectivity index (χ0) is 55.3. The Balaban J connectivity index is 0.00000392. The lowest BCUT2D eigenvalue weighted by molar-refractivity contribution is -0.145. The van der Waals surface area contributed by atoms with Crippen LogP contribution in [0.1, 0.15) is 68.5 Å². The number of morpholine rings is 1. The van der Waals surface area contributed by atoms with Crippen LogP contribution in [-0.4, -0.2) is 160 Å². The quantitative estimate of drug-likeness (QED) is 0.0792. The number of carbonyl (C=O) groups excluding carboxylic acids is 6. The smallest absolute Gasteiger partial charge is 0.252 e. The number of para-hydroxylation sites is 1. The van der Waals surface area contributed by atoms with E-state index < -0.39 is 83.0 Å². The first-order chi connectivity index (χ1) is 36.8. The standard InChI is InChI=1S/C56H69F3N10O8.3ClH/c1-32-26-67(41(24-61-32)28-66-19-20-77-30-33(66)2)29-48(71)69-31-56(5,43-18-13-37(22-46(43)69)21-36-11-15-39(57)16-12-36)55(75)62-25-47(70)63-40-17-14-38-27-68(54(74)49(35(4)76-7)64-52(72)34(3)60-6)51(42(38)23-40)53(73)65-50-44(58)9-8-10-45(50)59;;;/h8-18,22-23,32-35,41,49,51,60-61H,19-21,24-31H2,1-7H3,(H,62,75)(H,63,70)(H,64,72)(H,65,73);3*1H/t32-,33-,34+,35-,41-,49+,51+,56?;;;/m1.../s1. The molecule has 6 N–H and O–H groups in total. The molecule has 0 saturated carbocycles. The van der Waals surface area contributed by atoms with Gasteiger partial charge in [0.1, 0.15) is 35.2 Å². The number of rotatable bonds is 18. The van der Waals surface area contributed by atoms with E-state index >= 15 is 0 Å². The number of benzene rings is 4. The van der Waals surface area contributed by atoms with Crippen molar-refractivity contribution in [2.45, 2.75) is 95.4 Å². The number of anilines is 3. The molecule has 0 spiro atoms. The zero-order valence-electron chi connectivity index (χ0n) is 45.7. The van der Waals surface area contributed by atoms with Gasteiger partial charge in [0.25, 0.3) is 5.91 Å². The molecule has 8 atom stereocenters. The molecule has 18 nitrogen and oxygen atoms in total. The van der Waals surface area contributed by atoms with Gasteiger partial charge < -0.3 is 51.2 Å². The maximum atomic E-state index is 14.9. The lowest BCUT2D eigenvalue weighted by Crippen LogP contribution is -2.62. The molecular formula is C56H72Cl3F3N10O8. The van der Waals surface area contributed by atoms with Crippen LogP contribution in [0.3, 0.4) is 0 Å². The van der Waals surface area contributed by atoms with Gasteiger partial charge in [-0.25, -0.2) is 13.2 Å². The highest BCUT2D eigenvalue weighted by molar-refractivity contribution is 6.05. The normalized spacial score (nSPS) is 21.7. The number of likely N-dealkylation sites (N-methyl/N-ethyl adjacent to an activating group) is 1. The monoisotopic (exact) mass is 1170 g/mol. The third-order valence-corrected chi connectivity index (χ3v) is 15.3. The Morgan fingerprint density at radius 2 is 1.59 bits per heavy atom. The average molecular weight is 1180 g/mol. The van der Waals surface area contributed by atoms with Gasteiger partial charge in [0.15, 0.2) is 0 Å². The Kier molecular flexibility index (Phi) is 22.9. The number of hydrogen-bond donors (Lipinski definition) is 6. The molecule has 0 aliphatic carbocycles. The molecule has 4 aromatic rings. The number of methoxy groups -OCH3 is 1. The lowest BCUT2D eigenvalue weighted by atomic mass is 9.83. The van der Waals surface area contributed by atoms with Crippen molar-refractivity contribution in [2.24, 2.45) is 0 Å². The molecule has 4 aromatic carbocycles. The van der Waals surface area contributed by atoms with Gasteiger partial charge in [0, 0.05) is 75.9 Å². The highest BCUT2D eigenvalue weighted by atomic mass is 35.5. The van der Waals surface area contributed by atoms with E-state index in [1.54, 1.807) is 57.0 Å². The van der Waals surface area contributed by atoms with Crippen molar-refractivity contribution in [3.8, 4) is 0 Å². The minimum atomic E-state index is -1.50. The van der Waals surface area contributed by atoms with Gasteiger partial charge >= 0.3 is 0 Å².